The predicted octanol–water partition coefficient (Wildman–Crippen LogP) is 5.50. The third kappa shape index (κ3) is 3.92. The van der Waals surface area contributed by atoms with Crippen LogP contribution in [0.2, 0.25) is 0 Å². The van der Waals surface area contributed by atoms with Gasteiger partial charge in [0, 0.05) is 0 Å². The Hall–Kier alpha value is -2.19. The van der Waals surface area contributed by atoms with Crippen LogP contribution in [0.1, 0.15) is 5.56 Å². The summed E-state index contributed by atoms with van der Waals surface area (Å²) in [6.45, 7) is 0.539. The van der Waals surface area contributed by atoms with Crippen molar-refractivity contribution < 1.29 is 4.74 Å². The van der Waals surface area contributed by atoms with Crippen LogP contribution in [0, 0.1) is 5.92 Å². The molecule has 1 aliphatic carbocycles. The van der Waals surface area contributed by atoms with Gasteiger partial charge < -0.3 is 4.74 Å². The molecule has 0 radical (unpaired) electrons. The molecular formula is C20H16BrO-. The van der Waals surface area contributed by atoms with Crippen molar-refractivity contribution in [1.82, 2.24) is 0 Å². The lowest BCUT2D eigenvalue weighted by atomic mass is 9.97. The van der Waals surface area contributed by atoms with Crippen LogP contribution >= 0.6 is 15.9 Å². The van der Waals surface area contributed by atoms with Gasteiger partial charge in [0.25, 0.3) is 0 Å². The van der Waals surface area contributed by atoms with Crippen molar-refractivity contribution >= 4 is 15.9 Å². The Morgan fingerprint density at radius 1 is 0.909 bits per heavy atom. The number of hydrogen-bond acceptors (Lipinski definition) is 1. The average molecular weight is 352 g/mol. The quantitative estimate of drug-likeness (QED) is 0.646. The lowest BCUT2D eigenvalue weighted by molar-refractivity contribution is 0.341. The summed E-state index contributed by atoms with van der Waals surface area (Å²) in [4.78, 5) is 0. The minimum Gasteiger partial charge on any atom is -0.498 e. The Balaban J connectivity index is 1.79. The van der Waals surface area contributed by atoms with E-state index >= 15 is 0 Å². The highest BCUT2D eigenvalue weighted by Crippen LogP contribution is 2.24. The van der Waals surface area contributed by atoms with Crippen LogP contribution in [0.3, 0.4) is 0 Å². The highest BCUT2D eigenvalue weighted by molar-refractivity contribution is 9.10. The normalized spacial score (nSPS) is 12.5. The Labute approximate surface area is 139 Å². The summed E-state index contributed by atoms with van der Waals surface area (Å²) in [7, 11) is 0. The van der Waals surface area contributed by atoms with E-state index in [9.17, 15) is 0 Å². The van der Waals surface area contributed by atoms with Crippen LogP contribution in [0.15, 0.2) is 95.0 Å². The molecule has 2 aromatic rings. The molecule has 0 heterocycles. The maximum atomic E-state index is 5.92. The van der Waals surface area contributed by atoms with Crippen molar-refractivity contribution in [3.63, 3.8) is 0 Å². The van der Waals surface area contributed by atoms with E-state index in [1.54, 1.807) is 0 Å². The summed E-state index contributed by atoms with van der Waals surface area (Å²) in [5.74, 6) is 2.04. The molecule has 0 atom stereocenters. The summed E-state index contributed by atoms with van der Waals surface area (Å²) in [6, 6.07) is 18.2. The van der Waals surface area contributed by atoms with Crippen molar-refractivity contribution in [1.29, 1.82) is 0 Å². The number of rotatable bonds is 5. The monoisotopic (exact) mass is 351 g/mol. The SMILES string of the molecule is Brc1ccc([C-](C=C2C=CC=C2)COc2ccccc2)cc1. The Morgan fingerprint density at radius 3 is 2.27 bits per heavy atom. The zero-order valence-electron chi connectivity index (χ0n) is 12.1. The molecule has 0 saturated carbocycles. The molecule has 0 amide bonds. The smallest absolute Gasteiger partial charge is 0.118 e. The van der Waals surface area contributed by atoms with E-state index in [0.717, 1.165) is 16.1 Å². The molecule has 0 aromatic heterocycles. The Bertz CT molecular complexity index is 682. The Morgan fingerprint density at radius 2 is 1.59 bits per heavy atom. The van der Waals surface area contributed by atoms with E-state index in [1.165, 1.54) is 11.1 Å². The van der Waals surface area contributed by atoms with Gasteiger partial charge in [0.15, 0.2) is 0 Å². The molecule has 0 saturated heterocycles. The zero-order valence-corrected chi connectivity index (χ0v) is 13.7. The minimum absolute atomic E-state index is 0.539. The zero-order chi connectivity index (χ0) is 15.2. The average Bonchev–Trinajstić information content (AvgIpc) is 3.06. The minimum atomic E-state index is 0.539. The highest BCUT2D eigenvalue weighted by Gasteiger charge is 2.04. The first-order valence-electron chi connectivity index (χ1n) is 7.17. The summed E-state index contributed by atoms with van der Waals surface area (Å²) in [5.41, 5.74) is 2.36. The van der Waals surface area contributed by atoms with E-state index < -0.39 is 0 Å². The summed E-state index contributed by atoms with van der Waals surface area (Å²) in [6.07, 6.45) is 10.5. The molecule has 3 rings (SSSR count). The largest absolute Gasteiger partial charge is 0.498 e. The first-order valence-corrected chi connectivity index (χ1v) is 7.97. The number of para-hydroxylation sites is 1. The van der Waals surface area contributed by atoms with E-state index in [4.69, 9.17) is 4.74 Å². The molecule has 0 spiro atoms. The van der Waals surface area contributed by atoms with E-state index in [0.29, 0.717) is 6.61 Å². The number of halogens is 1. The molecule has 0 bridgehead atoms. The number of hydrogen-bond donors (Lipinski definition) is 0. The third-order valence-electron chi connectivity index (χ3n) is 3.38. The van der Waals surface area contributed by atoms with Gasteiger partial charge >= 0.3 is 0 Å². The Kier molecular flexibility index (Phi) is 4.81. The predicted molar refractivity (Wildman–Crippen MR) is 94.8 cm³/mol. The van der Waals surface area contributed by atoms with Gasteiger partial charge in [0.05, 0.1) is 6.61 Å². The van der Waals surface area contributed by atoms with Gasteiger partial charge in [-0.3, -0.25) is 0 Å². The first-order chi connectivity index (χ1) is 10.8. The van der Waals surface area contributed by atoms with Crippen molar-refractivity contribution in [3.8, 4) is 5.75 Å². The number of allylic oxidation sites excluding steroid dienone is 5. The van der Waals surface area contributed by atoms with Gasteiger partial charge in [-0.2, -0.15) is 0 Å². The topological polar surface area (TPSA) is 9.23 Å². The first kappa shape index (κ1) is 14.7. The van der Waals surface area contributed by atoms with Gasteiger partial charge in [-0.15, -0.1) is 23.8 Å². The molecule has 110 valence electrons. The fourth-order valence-corrected chi connectivity index (χ4v) is 2.50. The van der Waals surface area contributed by atoms with Crippen LogP contribution in [-0.2, 0) is 0 Å². The van der Waals surface area contributed by atoms with E-state index in [2.05, 4.69) is 58.4 Å². The fraction of sp³-hybridized carbons (Fsp3) is 0.0500. The van der Waals surface area contributed by atoms with Crippen LogP contribution in [0.4, 0.5) is 0 Å². The fourth-order valence-electron chi connectivity index (χ4n) is 2.24. The van der Waals surface area contributed by atoms with Gasteiger partial charge in [0.2, 0.25) is 0 Å². The maximum Gasteiger partial charge on any atom is 0.118 e. The molecule has 22 heavy (non-hydrogen) atoms. The van der Waals surface area contributed by atoms with Crippen LogP contribution < -0.4 is 4.74 Å². The molecule has 0 unspecified atom stereocenters. The summed E-state index contributed by atoms with van der Waals surface area (Å²) in [5, 5.41) is 0. The van der Waals surface area contributed by atoms with Gasteiger partial charge in [0.1, 0.15) is 5.75 Å². The van der Waals surface area contributed by atoms with Crippen molar-refractivity contribution in [3.05, 3.63) is 107 Å². The maximum absolute atomic E-state index is 5.92. The van der Waals surface area contributed by atoms with E-state index in [1.807, 2.05) is 42.5 Å². The van der Waals surface area contributed by atoms with Crippen LogP contribution in [0.25, 0.3) is 0 Å². The molecule has 2 heteroatoms. The van der Waals surface area contributed by atoms with E-state index in [-0.39, 0.29) is 0 Å². The van der Waals surface area contributed by atoms with Gasteiger partial charge in [-0.1, -0.05) is 82.1 Å². The second-order valence-corrected chi connectivity index (χ2v) is 5.91. The third-order valence-corrected chi connectivity index (χ3v) is 3.91. The molecule has 2 aromatic carbocycles. The van der Waals surface area contributed by atoms with Crippen molar-refractivity contribution in [2.75, 3.05) is 6.61 Å². The summed E-state index contributed by atoms with van der Waals surface area (Å²) < 4.78 is 7.00. The molecular weight excluding hydrogens is 336 g/mol. The molecule has 0 N–H and O–H groups in total. The molecule has 1 nitrogen and oxygen atoms in total. The number of benzene rings is 2. The second-order valence-electron chi connectivity index (χ2n) is 5.00. The van der Waals surface area contributed by atoms with Gasteiger partial charge in [-0.05, 0) is 16.6 Å². The van der Waals surface area contributed by atoms with Gasteiger partial charge in [-0.25, -0.2) is 0 Å². The lowest BCUT2D eigenvalue weighted by Crippen LogP contribution is -2.09. The number of ether oxygens (including phenoxy) is 1. The molecule has 0 fully saturated rings. The highest BCUT2D eigenvalue weighted by atomic mass is 79.9. The standard InChI is InChI=1S/C20H16BrO/c21-19-12-10-17(11-13-19)18(14-16-6-4-5-7-16)15-22-20-8-2-1-3-9-20/h1-14H,15H2/q-1. The van der Waals surface area contributed by atoms with Crippen molar-refractivity contribution in [2.24, 2.45) is 0 Å². The van der Waals surface area contributed by atoms with Crippen LogP contribution in [-0.4, -0.2) is 6.61 Å². The van der Waals surface area contributed by atoms with Crippen molar-refractivity contribution in [2.45, 2.75) is 0 Å². The molecule has 0 aliphatic heterocycles. The lowest BCUT2D eigenvalue weighted by Gasteiger charge is -2.22. The second kappa shape index (κ2) is 7.19. The summed E-state index contributed by atoms with van der Waals surface area (Å²) >= 11 is 3.48. The van der Waals surface area contributed by atoms with Crippen LogP contribution in [0.5, 0.6) is 5.75 Å². The molecule has 1 aliphatic rings.